The second-order valence-electron chi connectivity index (χ2n) is 7.46. The van der Waals surface area contributed by atoms with Crippen molar-refractivity contribution in [1.29, 1.82) is 0 Å². The van der Waals surface area contributed by atoms with Crippen molar-refractivity contribution in [2.24, 2.45) is 5.92 Å². The van der Waals surface area contributed by atoms with Gasteiger partial charge in [-0.25, -0.2) is 4.79 Å². The fraction of sp³-hybridized carbons (Fsp3) is 0.375. The molecule has 1 aliphatic heterocycles. The molecule has 31 heavy (non-hydrogen) atoms. The minimum Gasteiger partial charge on any atom is -0.497 e. The number of esters is 1. The van der Waals surface area contributed by atoms with Crippen molar-refractivity contribution >= 4 is 23.5 Å². The highest BCUT2D eigenvalue weighted by atomic mass is 16.5. The third-order valence-corrected chi connectivity index (χ3v) is 5.43. The number of urea groups is 1. The number of ketones is 1. The van der Waals surface area contributed by atoms with Gasteiger partial charge in [0.2, 0.25) is 0 Å². The maximum atomic E-state index is 13.2. The molecule has 0 spiro atoms. The van der Waals surface area contributed by atoms with E-state index in [0.29, 0.717) is 37.2 Å². The van der Waals surface area contributed by atoms with E-state index in [1.165, 1.54) is 6.92 Å². The molecule has 2 amide bonds. The number of methoxy groups -OCH3 is 1. The summed E-state index contributed by atoms with van der Waals surface area (Å²) < 4.78 is 10.2. The third-order valence-electron chi connectivity index (χ3n) is 5.43. The Labute approximate surface area is 182 Å². The van der Waals surface area contributed by atoms with Crippen LogP contribution in [0.3, 0.4) is 0 Å². The Balaban J connectivity index is 1.62. The molecule has 1 saturated heterocycles. The molecule has 2 aromatic rings. The number of hydrogen-bond donors (Lipinski definition) is 0. The van der Waals surface area contributed by atoms with E-state index in [2.05, 4.69) is 0 Å². The van der Waals surface area contributed by atoms with Gasteiger partial charge in [-0.05, 0) is 49.2 Å². The van der Waals surface area contributed by atoms with Gasteiger partial charge in [0.25, 0.3) is 0 Å². The van der Waals surface area contributed by atoms with Gasteiger partial charge < -0.3 is 14.4 Å². The number of piperidine rings is 1. The number of Topliss-reactive ketones (excluding diaryl/α,β-unsaturated/α-hetero) is 1. The number of benzene rings is 2. The summed E-state index contributed by atoms with van der Waals surface area (Å²) in [6.07, 6.45) is 1.23. The number of rotatable bonds is 7. The topological polar surface area (TPSA) is 76.2 Å². The van der Waals surface area contributed by atoms with E-state index < -0.39 is 0 Å². The summed E-state index contributed by atoms with van der Waals surface area (Å²) in [5, 5.41) is 0. The number of hydrogen-bond acceptors (Lipinski definition) is 5. The smallest absolute Gasteiger partial charge is 0.324 e. The molecule has 2 aromatic carbocycles. The summed E-state index contributed by atoms with van der Waals surface area (Å²) in [5.41, 5.74) is 1.41. The second-order valence-corrected chi connectivity index (χ2v) is 7.46. The zero-order valence-corrected chi connectivity index (χ0v) is 18.0. The molecular weight excluding hydrogens is 396 g/mol. The Morgan fingerprint density at radius 3 is 2.23 bits per heavy atom. The van der Waals surface area contributed by atoms with Crippen LogP contribution < -0.4 is 9.64 Å². The van der Waals surface area contributed by atoms with Crippen molar-refractivity contribution in [2.75, 3.05) is 38.3 Å². The predicted molar refractivity (Wildman–Crippen MR) is 117 cm³/mol. The molecule has 1 aliphatic rings. The number of para-hydroxylation sites is 1. The molecule has 0 atom stereocenters. The molecule has 0 radical (unpaired) electrons. The van der Waals surface area contributed by atoms with Gasteiger partial charge in [0.05, 0.1) is 13.7 Å². The summed E-state index contributed by atoms with van der Waals surface area (Å²) in [5.74, 6) is 0.332. The maximum absolute atomic E-state index is 13.2. The monoisotopic (exact) mass is 424 g/mol. The number of likely N-dealkylation sites (tertiary alicyclic amines) is 1. The lowest BCUT2D eigenvalue weighted by molar-refractivity contribution is -0.140. The highest BCUT2D eigenvalue weighted by Gasteiger charge is 2.30. The van der Waals surface area contributed by atoms with Crippen molar-refractivity contribution in [1.82, 2.24) is 4.90 Å². The Morgan fingerprint density at radius 1 is 1.00 bits per heavy atom. The lowest BCUT2D eigenvalue weighted by Gasteiger charge is -2.35. The summed E-state index contributed by atoms with van der Waals surface area (Å²) in [7, 11) is 1.59. The quantitative estimate of drug-likeness (QED) is 0.499. The first-order valence-corrected chi connectivity index (χ1v) is 10.4. The molecule has 164 valence electrons. The number of amides is 2. The van der Waals surface area contributed by atoms with Crippen LogP contribution in [0.2, 0.25) is 0 Å². The Morgan fingerprint density at radius 2 is 1.65 bits per heavy atom. The average Bonchev–Trinajstić information content (AvgIpc) is 2.81. The molecule has 7 heteroatoms. The molecule has 0 aromatic heterocycles. The molecule has 3 rings (SSSR count). The first-order valence-electron chi connectivity index (χ1n) is 10.4. The minimum atomic E-state index is -0.377. The van der Waals surface area contributed by atoms with E-state index in [-0.39, 0.29) is 36.9 Å². The molecule has 0 saturated carbocycles. The lowest BCUT2D eigenvalue weighted by Crippen LogP contribution is -2.48. The molecular formula is C24H28N2O5. The van der Waals surface area contributed by atoms with Crippen LogP contribution in [0.25, 0.3) is 0 Å². The van der Waals surface area contributed by atoms with E-state index in [9.17, 15) is 14.4 Å². The van der Waals surface area contributed by atoms with E-state index in [0.717, 1.165) is 5.69 Å². The SMILES string of the molecule is COc1ccc(C(=O)C2CCN(C(=O)N(CCOC(C)=O)c3ccccc3)CC2)cc1. The molecule has 1 fully saturated rings. The van der Waals surface area contributed by atoms with Gasteiger partial charge >= 0.3 is 12.0 Å². The van der Waals surface area contributed by atoms with Crippen molar-refractivity contribution in [2.45, 2.75) is 19.8 Å². The van der Waals surface area contributed by atoms with E-state index in [4.69, 9.17) is 9.47 Å². The number of carbonyl (C=O) groups is 3. The molecule has 0 unspecified atom stereocenters. The second kappa shape index (κ2) is 10.6. The van der Waals surface area contributed by atoms with Crippen molar-refractivity contribution < 1.29 is 23.9 Å². The van der Waals surface area contributed by atoms with Crippen LogP contribution in [0.5, 0.6) is 5.75 Å². The van der Waals surface area contributed by atoms with Crippen LogP contribution in [0, 0.1) is 5.92 Å². The molecule has 0 N–H and O–H groups in total. The van der Waals surface area contributed by atoms with Crippen molar-refractivity contribution in [3.8, 4) is 5.75 Å². The largest absolute Gasteiger partial charge is 0.497 e. The zero-order valence-electron chi connectivity index (χ0n) is 18.0. The third kappa shape index (κ3) is 5.84. The van der Waals surface area contributed by atoms with Crippen LogP contribution in [0.4, 0.5) is 10.5 Å². The van der Waals surface area contributed by atoms with Gasteiger partial charge in [0.1, 0.15) is 12.4 Å². The first kappa shape index (κ1) is 22.3. The molecule has 0 aliphatic carbocycles. The molecule has 1 heterocycles. The lowest BCUT2D eigenvalue weighted by atomic mass is 9.89. The fourth-order valence-corrected chi connectivity index (χ4v) is 3.72. The summed E-state index contributed by atoms with van der Waals surface area (Å²) in [6, 6.07) is 16.3. The van der Waals surface area contributed by atoms with Gasteiger partial charge in [0, 0.05) is 37.2 Å². The van der Waals surface area contributed by atoms with Crippen LogP contribution in [0.15, 0.2) is 54.6 Å². The van der Waals surface area contributed by atoms with E-state index in [1.807, 2.05) is 30.3 Å². The maximum Gasteiger partial charge on any atom is 0.324 e. The summed E-state index contributed by atoms with van der Waals surface area (Å²) >= 11 is 0. The normalized spacial score (nSPS) is 14.1. The highest BCUT2D eigenvalue weighted by molar-refractivity contribution is 5.98. The fourth-order valence-electron chi connectivity index (χ4n) is 3.72. The Bertz CT molecular complexity index is 890. The van der Waals surface area contributed by atoms with Crippen LogP contribution in [0.1, 0.15) is 30.1 Å². The van der Waals surface area contributed by atoms with Gasteiger partial charge in [-0.15, -0.1) is 0 Å². The van der Waals surface area contributed by atoms with Crippen LogP contribution >= 0.6 is 0 Å². The van der Waals surface area contributed by atoms with Crippen molar-refractivity contribution in [3.05, 3.63) is 60.2 Å². The Hall–Kier alpha value is -3.35. The Kier molecular flexibility index (Phi) is 7.65. The van der Waals surface area contributed by atoms with Gasteiger partial charge in [-0.3, -0.25) is 14.5 Å². The summed E-state index contributed by atoms with van der Waals surface area (Å²) in [6.45, 7) is 2.75. The predicted octanol–water partition coefficient (Wildman–Crippen LogP) is 3.78. The van der Waals surface area contributed by atoms with E-state index in [1.54, 1.807) is 41.2 Å². The molecule has 7 nitrogen and oxygen atoms in total. The zero-order chi connectivity index (χ0) is 22.2. The standard InChI is InChI=1S/C24H28N2O5/c1-18(27)31-17-16-26(21-6-4-3-5-7-21)24(29)25-14-12-20(13-15-25)23(28)19-8-10-22(30-2)11-9-19/h3-11,20H,12-17H2,1-2H3. The van der Waals surface area contributed by atoms with Gasteiger partial charge in [0.15, 0.2) is 5.78 Å². The van der Waals surface area contributed by atoms with Gasteiger partial charge in [-0.1, -0.05) is 18.2 Å². The first-order chi connectivity index (χ1) is 15.0. The minimum absolute atomic E-state index is 0.101. The number of carbonyl (C=O) groups excluding carboxylic acids is 3. The summed E-state index contributed by atoms with van der Waals surface area (Å²) in [4.78, 5) is 40.5. The number of anilines is 1. The van der Waals surface area contributed by atoms with E-state index >= 15 is 0 Å². The van der Waals surface area contributed by atoms with Gasteiger partial charge in [-0.2, -0.15) is 0 Å². The number of ether oxygens (including phenoxy) is 2. The number of nitrogens with zero attached hydrogens (tertiary/aromatic N) is 2. The van der Waals surface area contributed by atoms with Crippen LogP contribution in [-0.4, -0.2) is 56.0 Å². The average molecular weight is 424 g/mol. The highest BCUT2D eigenvalue weighted by Crippen LogP contribution is 2.25. The van der Waals surface area contributed by atoms with Crippen LogP contribution in [-0.2, 0) is 9.53 Å². The van der Waals surface area contributed by atoms with Crippen molar-refractivity contribution in [3.63, 3.8) is 0 Å². The molecule has 0 bridgehead atoms.